The smallest absolute Gasteiger partial charge is 0.225 e. The van der Waals surface area contributed by atoms with E-state index < -0.39 is 0 Å². The summed E-state index contributed by atoms with van der Waals surface area (Å²) in [6.45, 7) is 1.93. The third kappa shape index (κ3) is 3.00. The van der Waals surface area contributed by atoms with Crippen LogP contribution in [0.4, 0.5) is 0 Å². The molecule has 1 aliphatic carbocycles. The number of nitrogen functional groups attached to an aromatic ring is 1. The van der Waals surface area contributed by atoms with E-state index in [2.05, 4.69) is 4.98 Å². The molecule has 98 valence electrons. The molecular formula is C14H21N3O. The average Bonchev–Trinajstić information content (AvgIpc) is 2.57. The molecule has 1 aliphatic rings. The summed E-state index contributed by atoms with van der Waals surface area (Å²) < 4.78 is 5.98. The maximum absolute atomic E-state index is 7.64. The van der Waals surface area contributed by atoms with Crippen molar-refractivity contribution in [1.82, 2.24) is 4.98 Å². The van der Waals surface area contributed by atoms with Crippen LogP contribution in [0.1, 0.15) is 49.7 Å². The number of nitrogens with zero attached hydrogens (tertiary/aromatic N) is 1. The van der Waals surface area contributed by atoms with Crippen molar-refractivity contribution in [2.75, 3.05) is 0 Å². The Bertz CT molecular complexity index is 423. The van der Waals surface area contributed by atoms with Crippen molar-refractivity contribution < 1.29 is 4.74 Å². The molecular weight excluding hydrogens is 226 g/mol. The van der Waals surface area contributed by atoms with Crippen molar-refractivity contribution in [3.63, 3.8) is 0 Å². The molecule has 0 unspecified atom stereocenters. The molecule has 0 saturated heterocycles. The van der Waals surface area contributed by atoms with Crippen molar-refractivity contribution in [2.45, 2.75) is 51.6 Å². The van der Waals surface area contributed by atoms with Crippen LogP contribution in [-0.4, -0.2) is 16.9 Å². The highest BCUT2D eigenvalue weighted by Crippen LogP contribution is 2.25. The van der Waals surface area contributed by atoms with Gasteiger partial charge in [0.15, 0.2) is 0 Å². The van der Waals surface area contributed by atoms with E-state index in [9.17, 15) is 0 Å². The van der Waals surface area contributed by atoms with Gasteiger partial charge in [0.1, 0.15) is 11.9 Å². The van der Waals surface area contributed by atoms with Crippen molar-refractivity contribution in [3.05, 3.63) is 23.4 Å². The van der Waals surface area contributed by atoms with Crippen molar-refractivity contribution in [2.24, 2.45) is 5.73 Å². The number of nitrogens with two attached hydrogens (primary N) is 1. The molecule has 1 fully saturated rings. The molecule has 0 atom stereocenters. The summed E-state index contributed by atoms with van der Waals surface area (Å²) >= 11 is 0. The predicted octanol–water partition coefficient (Wildman–Crippen LogP) is 2.78. The molecule has 0 bridgehead atoms. The Kier molecular flexibility index (Phi) is 4.18. The summed E-state index contributed by atoms with van der Waals surface area (Å²) in [5.74, 6) is 0.554. The van der Waals surface area contributed by atoms with Crippen LogP contribution in [0.3, 0.4) is 0 Å². The van der Waals surface area contributed by atoms with Gasteiger partial charge in [0.25, 0.3) is 0 Å². The molecule has 0 amide bonds. The number of hydrogen-bond donors (Lipinski definition) is 2. The van der Waals surface area contributed by atoms with Gasteiger partial charge in [0.05, 0.1) is 5.56 Å². The van der Waals surface area contributed by atoms with Gasteiger partial charge in [-0.25, -0.2) is 4.98 Å². The van der Waals surface area contributed by atoms with E-state index in [-0.39, 0.29) is 11.9 Å². The number of nitrogens with one attached hydrogen (secondary N) is 1. The van der Waals surface area contributed by atoms with Crippen molar-refractivity contribution in [3.8, 4) is 5.88 Å². The second-order valence-electron chi connectivity index (χ2n) is 4.95. The fourth-order valence-electron chi connectivity index (χ4n) is 2.47. The summed E-state index contributed by atoms with van der Waals surface area (Å²) in [7, 11) is 0. The zero-order chi connectivity index (χ0) is 13.0. The molecule has 3 N–H and O–H groups in total. The first-order valence-electron chi connectivity index (χ1n) is 6.65. The van der Waals surface area contributed by atoms with Gasteiger partial charge in [-0.3, -0.25) is 5.41 Å². The number of rotatable bonds is 3. The van der Waals surface area contributed by atoms with E-state index in [0.717, 1.165) is 18.4 Å². The summed E-state index contributed by atoms with van der Waals surface area (Å²) in [6.07, 6.45) is 9.10. The van der Waals surface area contributed by atoms with Gasteiger partial charge in [-0.05, 0) is 44.2 Å². The lowest BCUT2D eigenvalue weighted by Gasteiger charge is -2.18. The van der Waals surface area contributed by atoms with Crippen LogP contribution >= 0.6 is 0 Å². The fourth-order valence-corrected chi connectivity index (χ4v) is 2.47. The highest BCUT2D eigenvalue weighted by atomic mass is 16.5. The normalized spacial score (nSPS) is 17.2. The van der Waals surface area contributed by atoms with E-state index in [1.54, 1.807) is 6.20 Å². The molecule has 0 spiro atoms. The summed E-state index contributed by atoms with van der Waals surface area (Å²) in [5, 5.41) is 7.64. The minimum Gasteiger partial charge on any atom is -0.474 e. The molecule has 2 rings (SSSR count). The number of pyridine rings is 1. The van der Waals surface area contributed by atoms with Gasteiger partial charge >= 0.3 is 0 Å². The number of hydrogen-bond acceptors (Lipinski definition) is 3. The molecule has 0 aromatic carbocycles. The molecule has 18 heavy (non-hydrogen) atoms. The van der Waals surface area contributed by atoms with Gasteiger partial charge in [0.2, 0.25) is 5.88 Å². The van der Waals surface area contributed by atoms with Crippen LogP contribution in [0.5, 0.6) is 5.88 Å². The molecule has 0 radical (unpaired) electrons. The first-order chi connectivity index (χ1) is 8.68. The zero-order valence-electron chi connectivity index (χ0n) is 10.9. The highest BCUT2D eigenvalue weighted by Gasteiger charge is 2.18. The second-order valence-corrected chi connectivity index (χ2v) is 4.95. The van der Waals surface area contributed by atoms with Crippen LogP contribution < -0.4 is 10.5 Å². The Morgan fingerprint density at radius 3 is 2.61 bits per heavy atom. The van der Waals surface area contributed by atoms with Gasteiger partial charge in [-0.1, -0.05) is 12.8 Å². The Balaban J connectivity index is 2.17. The van der Waals surface area contributed by atoms with Gasteiger partial charge in [-0.2, -0.15) is 0 Å². The van der Waals surface area contributed by atoms with E-state index in [4.69, 9.17) is 15.9 Å². The van der Waals surface area contributed by atoms with Crippen LogP contribution in [0, 0.1) is 12.3 Å². The molecule has 1 aromatic rings. The number of aryl methyl sites for hydroxylation is 1. The minimum absolute atomic E-state index is 0.0317. The maximum atomic E-state index is 7.64. The minimum atomic E-state index is 0.0317. The SMILES string of the molecule is Cc1ccnc(OC2CCCCCC2)c1C(=N)N. The topological polar surface area (TPSA) is 72.0 Å². The number of aromatic nitrogens is 1. The number of amidine groups is 1. The lowest BCUT2D eigenvalue weighted by atomic mass is 10.1. The lowest BCUT2D eigenvalue weighted by Crippen LogP contribution is -2.21. The van der Waals surface area contributed by atoms with Gasteiger partial charge in [0, 0.05) is 6.20 Å². The third-order valence-corrected chi connectivity index (χ3v) is 3.47. The monoisotopic (exact) mass is 247 g/mol. The Labute approximate surface area is 108 Å². The van der Waals surface area contributed by atoms with E-state index in [0.29, 0.717) is 11.4 Å². The fraction of sp³-hybridized carbons (Fsp3) is 0.571. The van der Waals surface area contributed by atoms with Crippen LogP contribution in [0.15, 0.2) is 12.3 Å². The Hall–Kier alpha value is -1.58. The standard InChI is InChI=1S/C14H21N3O/c1-10-8-9-17-14(12(10)13(15)16)18-11-6-4-2-3-5-7-11/h8-9,11H,2-7H2,1H3,(H3,15,16). The predicted molar refractivity (Wildman–Crippen MR) is 72.1 cm³/mol. The quantitative estimate of drug-likeness (QED) is 0.490. The highest BCUT2D eigenvalue weighted by molar-refractivity contribution is 5.98. The molecule has 1 heterocycles. The second kappa shape index (κ2) is 5.85. The van der Waals surface area contributed by atoms with Crippen molar-refractivity contribution >= 4 is 5.84 Å². The largest absolute Gasteiger partial charge is 0.474 e. The molecule has 1 saturated carbocycles. The maximum Gasteiger partial charge on any atom is 0.225 e. The zero-order valence-corrected chi connectivity index (χ0v) is 10.9. The van der Waals surface area contributed by atoms with Crippen molar-refractivity contribution in [1.29, 1.82) is 5.41 Å². The van der Waals surface area contributed by atoms with Crippen LogP contribution in [-0.2, 0) is 0 Å². The average molecular weight is 247 g/mol. The van der Waals surface area contributed by atoms with Crippen LogP contribution in [0.25, 0.3) is 0 Å². The molecule has 1 aromatic heterocycles. The summed E-state index contributed by atoms with van der Waals surface area (Å²) in [6, 6.07) is 1.86. The third-order valence-electron chi connectivity index (χ3n) is 3.47. The summed E-state index contributed by atoms with van der Waals surface area (Å²) in [4.78, 5) is 4.24. The first-order valence-corrected chi connectivity index (χ1v) is 6.65. The Morgan fingerprint density at radius 2 is 2.00 bits per heavy atom. The van der Waals surface area contributed by atoms with E-state index in [1.807, 2.05) is 13.0 Å². The number of ether oxygens (including phenoxy) is 1. The lowest BCUT2D eigenvalue weighted by molar-refractivity contribution is 0.175. The molecule has 4 nitrogen and oxygen atoms in total. The Morgan fingerprint density at radius 1 is 1.33 bits per heavy atom. The molecule has 4 heteroatoms. The summed E-state index contributed by atoms with van der Waals surface area (Å²) in [5.41, 5.74) is 7.20. The van der Waals surface area contributed by atoms with Gasteiger partial charge in [-0.15, -0.1) is 0 Å². The van der Waals surface area contributed by atoms with E-state index >= 15 is 0 Å². The van der Waals surface area contributed by atoms with Crippen LogP contribution in [0.2, 0.25) is 0 Å². The molecule has 0 aliphatic heterocycles. The first kappa shape index (κ1) is 12.9. The van der Waals surface area contributed by atoms with Gasteiger partial charge < -0.3 is 10.5 Å². The van der Waals surface area contributed by atoms with E-state index in [1.165, 1.54) is 25.7 Å².